The molecule has 0 saturated heterocycles. The Hall–Kier alpha value is -1.42. The van der Waals surface area contributed by atoms with Crippen molar-refractivity contribution in [3.05, 3.63) is 30.1 Å². The fourth-order valence-corrected chi connectivity index (χ4v) is 1.61. The predicted molar refractivity (Wildman–Crippen MR) is 64.0 cm³/mol. The molecule has 0 radical (unpaired) electrons. The molecule has 0 amide bonds. The molecule has 78 valence electrons. The average molecular weight is 220 g/mol. The summed E-state index contributed by atoms with van der Waals surface area (Å²) in [5, 5.41) is 1.75. The van der Waals surface area contributed by atoms with Crippen molar-refractivity contribution in [1.82, 2.24) is 9.97 Å². The van der Waals surface area contributed by atoms with Gasteiger partial charge in [0.05, 0.1) is 6.61 Å². The number of aromatic amines is 1. The molecule has 0 fully saturated rings. The van der Waals surface area contributed by atoms with E-state index >= 15 is 0 Å². The van der Waals surface area contributed by atoms with Crippen molar-refractivity contribution in [2.75, 3.05) is 6.61 Å². The van der Waals surface area contributed by atoms with Gasteiger partial charge in [0.15, 0.2) is 5.05 Å². The molecule has 0 aromatic carbocycles. The number of H-pyrrole nitrogens is 1. The van der Waals surface area contributed by atoms with Crippen molar-refractivity contribution < 1.29 is 4.74 Å². The highest BCUT2D eigenvalue weighted by Crippen LogP contribution is 2.15. The SMILES string of the molecule is CC(=S)OCCc1c[nH]c2ncccc12. The Morgan fingerprint density at radius 2 is 2.47 bits per heavy atom. The topological polar surface area (TPSA) is 37.9 Å². The number of ether oxygens (including phenoxy) is 1. The van der Waals surface area contributed by atoms with Crippen LogP contribution in [0.5, 0.6) is 0 Å². The number of nitrogens with zero attached hydrogens (tertiary/aromatic N) is 1. The molecular weight excluding hydrogens is 208 g/mol. The van der Waals surface area contributed by atoms with Crippen LogP contribution in [0.1, 0.15) is 12.5 Å². The third kappa shape index (κ3) is 2.33. The Morgan fingerprint density at radius 1 is 1.60 bits per heavy atom. The molecule has 2 rings (SSSR count). The van der Waals surface area contributed by atoms with E-state index in [0.29, 0.717) is 11.7 Å². The summed E-state index contributed by atoms with van der Waals surface area (Å²) in [5.41, 5.74) is 2.14. The van der Waals surface area contributed by atoms with Crippen LogP contribution in [0.3, 0.4) is 0 Å². The minimum absolute atomic E-state index is 0.591. The third-order valence-electron chi connectivity index (χ3n) is 2.21. The van der Waals surface area contributed by atoms with Crippen molar-refractivity contribution in [3.63, 3.8) is 0 Å². The summed E-state index contributed by atoms with van der Waals surface area (Å²) in [7, 11) is 0. The highest BCUT2D eigenvalue weighted by atomic mass is 32.1. The van der Waals surface area contributed by atoms with Gasteiger partial charge in [-0.15, -0.1) is 0 Å². The Kier molecular flexibility index (Phi) is 2.97. The summed E-state index contributed by atoms with van der Waals surface area (Å²) in [6.45, 7) is 2.41. The van der Waals surface area contributed by atoms with E-state index < -0.39 is 0 Å². The van der Waals surface area contributed by atoms with E-state index in [-0.39, 0.29) is 0 Å². The second-order valence-electron chi connectivity index (χ2n) is 3.30. The van der Waals surface area contributed by atoms with E-state index in [1.54, 1.807) is 13.1 Å². The molecule has 2 heterocycles. The van der Waals surface area contributed by atoms with E-state index in [0.717, 1.165) is 17.5 Å². The highest BCUT2D eigenvalue weighted by Gasteiger charge is 2.03. The zero-order valence-electron chi connectivity index (χ0n) is 8.49. The van der Waals surface area contributed by atoms with E-state index in [2.05, 4.69) is 16.0 Å². The standard InChI is InChI=1S/C11H12N2OS/c1-8(15)14-6-4-9-7-13-11-10(9)3-2-5-12-11/h2-3,5,7H,4,6H2,1H3,(H,12,13). The number of hydrogen-bond acceptors (Lipinski definition) is 3. The Labute approximate surface area is 93.5 Å². The number of aromatic nitrogens is 2. The van der Waals surface area contributed by atoms with Gasteiger partial charge in [-0.25, -0.2) is 4.98 Å². The van der Waals surface area contributed by atoms with Crippen LogP contribution in [0.4, 0.5) is 0 Å². The molecule has 0 aliphatic heterocycles. The van der Waals surface area contributed by atoms with Gasteiger partial charge in [0.2, 0.25) is 0 Å². The van der Waals surface area contributed by atoms with Gasteiger partial charge in [0.25, 0.3) is 0 Å². The smallest absolute Gasteiger partial charge is 0.156 e. The Balaban J connectivity index is 2.11. The van der Waals surface area contributed by atoms with Crippen LogP contribution in [0.2, 0.25) is 0 Å². The van der Waals surface area contributed by atoms with Crippen LogP contribution in [0, 0.1) is 0 Å². The molecule has 3 nitrogen and oxygen atoms in total. The number of hydrogen-bond donors (Lipinski definition) is 1. The molecule has 4 heteroatoms. The summed E-state index contributed by atoms with van der Waals surface area (Å²) in [6.07, 6.45) is 4.60. The maximum atomic E-state index is 5.26. The van der Waals surface area contributed by atoms with Gasteiger partial charge < -0.3 is 9.72 Å². The molecule has 0 spiro atoms. The molecule has 0 atom stereocenters. The molecule has 2 aromatic rings. The van der Waals surface area contributed by atoms with E-state index in [1.807, 2.05) is 12.3 Å². The van der Waals surface area contributed by atoms with Gasteiger partial charge in [-0.1, -0.05) is 0 Å². The Bertz CT molecular complexity index is 478. The van der Waals surface area contributed by atoms with Crippen LogP contribution >= 0.6 is 12.2 Å². The molecule has 0 saturated carbocycles. The molecule has 0 aliphatic carbocycles. The van der Waals surface area contributed by atoms with Gasteiger partial charge in [-0.05, 0) is 29.9 Å². The normalized spacial score (nSPS) is 10.5. The number of nitrogens with one attached hydrogen (secondary N) is 1. The van der Waals surface area contributed by atoms with Gasteiger partial charge in [0.1, 0.15) is 5.65 Å². The summed E-state index contributed by atoms with van der Waals surface area (Å²) in [5.74, 6) is 0. The fraction of sp³-hybridized carbons (Fsp3) is 0.273. The maximum absolute atomic E-state index is 5.26. The molecule has 1 N–H and O–H groups in total. The van der Waals surface area contributed by atoms with Crippen LogP contribution in [-0.4, -0.2) is 21.6 Å². The first-order valence-electron chi connectivity index (χ1n) is 4.81. The van der Waals surface area contributed by atoms with E-state index in [4.69, 9.17) is 17.0 Å². The lowest BCUT2D eigenvalue weighted by molar-refractivity contribution is 0.315. The van der Waals surface area contributed by atoms with Crippen LogP contribution in [-0.2, 0) is 11.2 Å². The molecule has 2 aromatic heterocycles. The van der Waals surface area contributed by atoms with Crippen LogP contribution in [0.15, 0.2) is 24.5 Å². The second-order valence-corrected chi connectivity index (χ2v) is 3.88. The van der Waals surface area contributed by atoms with Crippen molar-refractivity contribution in [3.8, 4) is 0 Å². The first-order valence-corrected chi connectivity index (χ1v) is 5.22. The van der Waals surface area contributed by atoms with Crippen LogP contribution < -0.4 is 0 Å². The quantitative estimate of drug-likeness (QED) is 0.807. The van der Waals surface area contributed by atoms with Gasteiger partial charge in [-0.2, -0.15) is 0 Å². The molecule has 0 aliphatic rings. The van der Waals surface area contributed by atoms with Gasteiger partial charge in [-0.3, -0.25) is 0 Å². The lowest BCUT2D eigenvalue weighted by atomic mass is 10.2. The fourth-order valence-electron chi connectivity index (χ4n) is 1.52. The molecule has 0 unspecified atom stereocenters. The lowest BCUT2D eigenvalue weighted by Crippen LogP contribution is -2.01. The first-order chi connectivity index (χ1) is 7.27. The maximum Gasteiger partial charge on any atom is 0.156 e. The number of rotatable bonds is 3. The predicted octanol–water partition coefficient (Wildman–Crippen LogP) is 2.47. The largest absolute Gasteiger partial charge is 0.487 e. The van der Waals surface area contributed by atoms with Crippen molar-refractivity contribution in [2.24, 2.45) is 0 Å². The second kappa shape index (κ2) is 4.40. The van der Waals surface area contributed by atoms with Gasteiger partial charge >= 0.3 is 0 Å². The van der Waals surface area contributed by atoms with Crippen molar-refractivity contribution >= 4 is 28.3 Å². The third-order valence-corrected chi connectivity index (χ3v) is 2.33. The average Bonchev–Trinajstić information content (AvgIpc) is 2.62. The zero-order valence-corrected chi connectivity index (χ0v) is 9.30. The molecular formula is C11H12N2OS. The highest BCUT2D eigenvalue weighted by molar-refractivity contribution is 7.80. The Morgan fingerprint density at radius 3 is 3.27 bits per heavy atom. The van der Waals surface area contributed by atoms with Crippen molar-refractivity contribution in [1.29, 1.82) is 0 Å². The van der Waals surface area contributed by atoms with Crippen molar-refractivity contribution in [2.45, 2.75) is 13.3 Å². The van der Waals surface area contributed by atoms with E-state index in [1.165, 1.54) is 5.56 Å². The van der Waals surface area contributed by atoms with E-state index in [9.17, 15) is 0 Å². The summed E-state index contributed by atoms with van der Waals surface area (Å²) < 4.78 is 5.26. The number of pyridine rings is 1. The lowest BCUT2D eigenvalue weighted by Gasteiger charge is -2.02. The zero-order chi connectivity index (χ0) is 10.7. The molecule has 15 heavy (non-hydrogen) atoms. The minimum atomic E-state index is 0.591. The monoisotopic (exact) mass is 220 g/mol. The number of fused-ring (bicyclic) bond motifs is 1. The first kappa shape index (κ1) is 10.1. The number of thiocarbonyl (C=S) groups is 1. The van der Waals surface area contributed by atoms with Crippen LogP contribution in [0.25, 0.3) is 11.0 Å². The summed E-state index contributed by atoms with van der Waals surface area (Å²) in [4.78, 5) is 7.35. The summed E-state index contributed by atoms with van der Waals surface area (Å²) >= 11 is 4.84. The summed E-state index contributed by atoms with van der Waals surface area (Å²) in [6, 6.07) is 3.99. The molecule has 0 bridgehead atoms. The minimum Gasteiger partial charge on any atom is -0.487 e. The van der Waals surface area contributed by atoms with Gasteiger partial charge in [0, 0.05) is 31.1 Å².